The summed E-state index contributed by atoms with van der Waals surface area (Å²) in [6, 6.07) is 6.16. The SMILES string of the molecule is CCOC(=O)c1cccc(NS(=O)(=O)CCCCl)c1. The predicted octanol–water partition coefficient (Wildman–Crippen LogP) is 2.23. The summed E-state index contributed by atoms with van der Waals surface area (Å²) in [5.74, 6) is -0.256. The highest BCUT2D eigenvalue weighted by Gasteiger charge is 2.12. The third-order valence-electron chi connectivity index (χ3n) is 2.19. The molecule has 0 radical (unpaired) electrons. The van der Waals surface area contributed by atoms with Gasteiger partial charge in [0.2, 0.25) is 10.0 Å². The summed E-state index contributed by atoms with van der Waals surface area (Å²) in [5, 5.41) is 0. The van der Waals surface area contributed by atoms with Gasteiger partial charge >= 0.3 is 5.97 Å². The second-order valence-corrected chi connectivity index (χ2v) is 5.98. The fourth-order valence-electron chi connectivity index (χ4n) is 1.40. The van der Waals surface area contributed by atoms with Crippen LogP contribution in [0, 0.1) is 0 Å². The van der Waals surface area contributed by atoms with Gasteiger partial charge in [-0.3, -0.25) is 4.72 Å². The summed E-state index contributed by atoms with van der Waals surface area (Å²) < 4.78 is 30.6. The molecule has 0 amide bonds. The minimum atomic E-state index is -3.44. The van der Waals surface area contributed by atoms with E-state index < -0.39 is 16.0 Å². The molecule has 19 heavy (non-hydrogen) atoms. The van der Waals surface area contributed by atoms with Crippen LogP contribution >= 0.6 is 11.6 Å². The van der Waals surface area contributed by atoms with Gasteiger partial charge in [-0.05, 0) is 31.5 Å². The van der Waals surface area contributed by atoms with E-state index in [1.54, 1.807) is 25.1 Å². The first kappa shape index (κ1) is 15.8. The van der Waals surface area contributed by atoms with Crippen LogP contribution in [0.1, 0.15) is 23.7 Å². The standard InChI is InChI=1S/C12H16ClNO4S/c1-2-18-12(15)10-5-3-6-11(9-10)14-19(16,17)8-4-7-13/h3,5-6,9,14H,2,4,7-8H2,1H3. The Morgan fingerprint density at radius 2 is 2.16 bits per heavy atom. The van der Waals surface area contributed by atoms with E-state index in [0.29, 0.717) is 17.7 Å². The van der Waals surface area contributed by atoms with Crippen LogP contribution in [0.3, 0.4) is 0 Å². The van der Waals surface area contributed by atoms with E-state index in [4.69, 9.17) is 16.3 Å². The van der Waals surface area contributed by atoms with E-state index >= 15 is 0 Å². The Kier molecular flexibility index (Phi) is 6.11. The lowest BCUT2D eigenvalue weighted by molar-refractivity contribution is 0.0526. The van der Waals surface area contributed by atoms with Crippen molar-refractivity contribution in [3.8, 4) is 0 Å². The molecule has 1 aromatic carbocycles. The third-order valence-corrected chi connectivity index (χ3v) is 3.83. The zero-order chi connectivity index (χ0) is 14.3. The van der Waals surface area contributed by atoms with Crippen LogP contribution in [0.25, 0.3) is 0 Å². The van der Waals surface area contributed by atoms with Crippen molar-refractivity contribution in [3.05, 3.63) is 29.8 Å². The molecule has 0 saturated heterocycles. The van der Waals surface area contributed by atoms with E-state index in [9.17, 15) is 13.2 Å². The molecule has 0 aromatic heterocycles. The van der Waals surface area contributed by atoms with Gasteiger partial charge in [0.25, 0.3) is 0 Å². The quantitative estimate of drug-likeness (QED) is 0.619. The fraction of sp³-hybridized carbons (Fsp3) is 0.417. The molecule has 106 valence electrons. The predicted molar refractivity (Wildman–Crippen MR) is 75.1 cm³/mol. The topological polar surface area (TPSA) is 72.5 Å². The number of ether oxygens (including phenoxy) is 1. The van der Waals surface area contributed by atoms with Gasteiger partial charge in [0.15, 0.2) is 0 Å². The number of hydrogen-bond donors (Lipinski definition) is 1. The molecule has 1 aromatic rings. The number of carbonyl (C=O) groups is 1. The molecule has 0 fully saturated rings. The summed E-state index contributed by atoms with van der Waals surface area (Å²) in [6.45, 7) is 1.97. The van der Waals surface area contributed by atoms with Gasteiger partial charge in [0.05, 0.1) is 17.9 Å². The van der Waals surface area contributed by atoms with Crippen molar-refractivity contribution >= 4 is 33.3 Å². The summed E-state index contributed by atoms with van der Waals surface area (Å²) in [7, 11) is -3.44. The highest BCUT2D eigenvalue weighted by Crippen LogP contribution is 2.14. The Morgan fingerprint density at radius 1 is 1.42 bits per heavy atom. The van der Waals surface area contributed by atoms with Crippen LogP contribution < -0.4 is 4.72 Å². The number of benzene rings is 1. The van der Waals surface area contributed by atoms with Crippen molar-refractivity contribution < 1.29 is 17.9 Å². The van der Waals surface area contributed by atoms with Gasteiger partial charge in [-0.15, -0.1) is 11.6 Å². The van der Waals surface area contributed by atoms with E-state index in [1.165, 1.54) is 6.07 Å². The molecule has 0 spiro atoms. The second kappa shape index (κ2) is 7.35. The molecule has 0 aliphatic heterocycles. The highest BCUT2D eigenvalue weighted by atomic mass is 35.5. The number of nitrogens with one attached hydrogen (secondary N) is 1. The van der Waals surface area contributed by atoms with Gasteiger partial charge in [-0.2, -0.15) is 0 Å². The van der Waals surface area contributed by atoms with Crippen molar-refractivity contribution in [2.24, 2.45) is 0 Å². The van der Waals surface area contributed by atoms with Crippen molar-refractivity contribution in [1.29, 1.82) is 0 Å². The van der Waals surface area contributed by atoms with Crippen molar-refractivity contribution in [1.82, 2.24) is 0 Å². The number of sulfonamides is 1. The largest absolute Gasteiger partial charge is 0.462 e. The molecule has 0 aliphatic rings. The van der Waals surface area contributed by atoms with E-state index in [1.807, 2.05) is 0 Å². The number of halogens is 1. The summed E-state index contributed by atoms with van der Waals surface area (Å²) >= 11 is 5.46. The molecule has 7 heteroatoms. The van der Waals surface area contributed by atoms with Crippen molar-refractivity contribution in [2.75, 3.05) is 23.0 Å². The number of anilines is 1. The van der Waals surface area contributed by atoms with Gasteiger partial charge in [0.1, 0.15) is 0 Å². The molecule has 0 unspecified atom stereocenters. The smallest absolute Gasteiger partial charge is 0.338 e. The van der Waals surface area contributed by atoms with Crippen LogP contribution in [0.5, 0.6) is 0 Å². The minimum absolute atomic E-state index is 0.0554. The maximum Gasteiger partial charge on any atom is 0.338 e. The van der Waals surface area contributed by atoms with Crippen LogP contribution in [0.4, 0.5) is 5.69 Å². The zero-order valence-electron chi connectivity index (χ0n) is 10.6. The Labute approximate surface area is 118 Å². The Bertz CT molecular complexity index is 530. The molecule has 5 nitrogen and oxygen atoms in total. The molecule has 1 rings (SSSR count). The Balaban J connectivity index is 2.80. The number of esters is 1. The Morgan fingerprint density at radius 3 is 2.79 bits per heavy atom. The normalized spacial score (nSPS) is 11.1. The number of carbonyl (C=O) groups excluding carboxylic acids is 1. The number of alkyl halides is 1. The molecule has 0 saturated carbocycles. The first-order chi connectivity index (χ1) is 8.98. The molecule has 0 bridgehead atoms. The van der Waals surface area contributed by atoms with Gasteiger partial charge < -0.3 is 4.74 Å². The molecule has 0 aliphatic carbocycles. The van der Waals surface area contributed by atoms with Gasteiger partial charge in [0, 0.05) is 11.6 Å². The second-order valence-electron chi connectivity index (χ2n) is 3.76. The van der Waals surface area contributed by atoms with Gasteiger partial charge in [-0.1, -0.05) is 6.07 Å². The van der Waals surface area contributed by atoms with E-state index in [-0.39, 0.29) is 18.2 Å². The average Bonchev–Trinajstić information content (AvgIpc) is 2.36. The molecule has 1 N–H and O–H groups in total. The van der Waals surface area contributed by atoms with Crippen LogP contribution in [0.15, 0.2) is 24.3 Å². The first-order valence-corrected chi connectivity index (χ1v) is 8.01. The highest BCUT2D eigenvalue weighted by molar-refractivity contribution is 7.92. The lowest BCUT2D eigenvalue weighted by Crippen LogP contribution is -2.17. The molecular weight excluding hydrogens is 290 g/mol. The maximum atomic E-state index is 11.7. The lowest BCUT2D eigenvalue weighted by Gasteiger charge is -2.08. The maximum absolute atomic E-state index is 11.7. The fourth-order valence-corrected chi connectivity index (χ4v) is 2.80. The van der Waals surface area contributed by atoms with Crippen molar-refractivity contribution in [2.45, 2.75) is 13.3 Å². The van der Waals surface area contributed by atoms with E-state index in [2.05, 4.69) is 4.72 Å². The molecule has 0 atom stereocenters. The minimum Gasteiger partial charge on any atom is -0.462 e. The van der Waals surface area contributed by atoms with Crippen molar-refractivity contribution in [3.63, 3.8) is 0 Å². The van der Waals surface area contributed by atoms with Gasteiger partial charge in [-0.25, -0.2) is 13.2 Å². The third kappa shape index (κ3) is 5.48. The first-order valence-electron chi connectivity index (χ1n) is 5.82. The monoisotopic (exact) mass is 305 g/mol. The molecular formula is C12H16ClNO4S. The average molecular weight is 306 g/mol. The summed E-state index contributed by atoms with van der Waals surface area (Å²) in [6.07, 6.45) is 0.369. The number of hydrogen-bond acceptors (Lipinski definition) is 4. The number of rotatable bonds is 7. The Hall–Kier alpha value is -1.27. The van der Waals surface area contributed by atoms with E-state index in [0.717, 1.165) is 0 Å². The van der Waals surface area contributed by atoms with Crippen LogP contribution in [-0.2, 0) is 14.8 Å². The molecule has 0 heterocycles. The summed E-state index contributed by atoms with van der Waals surface area (Å²) in [5.41, 5.74) is 0.638. The van der Waals surface area contributed by atoms with Crippen LogP contribution in [0.2, 0.25) is 0 Å². The van der Waals surface area contributed by atoms with Crippen LogP contribution in [-0.4, -0.2) is 32.6 Å². The summed E-state index contributed by atoms with van der Waals surface area (Å²) in [4.78, 5) is 11.5. The zero-order valence-corrected chi connectivity index (χ0v) is 12.1. The lowest BCUT2D eigenvalue weighted by atomic mass is 10.2.